The summed E-state index contributed by atoms with van der Waals surface area (Å²) in [6.45, 7) is 1.34. The van der Waals surface area contributed by atoms with Gasteiger partial charge in [-0.25, -0.2) is 0 Å². The van der Waals surface area contributed by atoms with Gasteiger partial charge in [-0.2, -0.15) is 0 Å². The molecule has 0 saturated carbocycles. The number of thioether (sulfide) groups is 1. The molecule has 152 valence electrons. The molecular formula is C22H22O6S. The average Bonchev–Trinajstić information content (AvgIpc) is 3.11. The van der Waals surface area contributed by atoms with Gasteiger partial charge in [0.2, 0.25) is 0 Å². The molecule has 0 bridgehead atoms. The molecular weight excluding hydrogens is 392 g/mol. The fourth-order valence-electron chi connectivity index (χ4n) is 3.17. The topological polar surface area (TPSA) is 75.0 Å². The summed E-state index contributed by atoms with van der Waals surface area (Å²) in [5.74, 6) is 0.827. The normalized spacial score (nSPS) is 10.8. The van der Waals surface area contributed by atoms with Gasteiger partial charge in [-0.05, 0) is 42.5 Å². The monoisotopic (exact) mass is 414 g/mol. The lowest BCUT2D eigenvalue weighted by Crippen LogP contribution is -2.03. The maximum Gasteiger partial charge on any atom is 0.308 e. The van der Waals surface area contributed by atoms with Gasteiger partial charge in [0.05, 0.1) is 19.1 Å². The number of rotatable bonds is 7. The van der Waals surface area contributed by atoms with Crippen LogP contribution in [0.1, 0.15) is 18.9 Å². The predicted molar refractivity (Wildman–Crippen MR) is 112 cm³/mol. The Kier molecular flexibility index (Phi) is 6.49. The zero-order valence-corrected chi connectivity index (χ0v) is 17.6. The van der Waals surface area contributed by atoms with Crippen molar-refractivity contribution in [3.8, 4) is 22.8 Å². The summed E-state index contributed by atoms with van der Waals surface area (Å²) in [5, 5.41) is 0.988. The number of hydrogen-bond donors (Lipinski definition) is 0. The first-order chi connectivity index (χ1) is 14.0. The number of fused-ring (bicyclic) bond motifs is 1. The zero-order chi connectivity index (χ0) is 21.0. The molecule has 0 N–H and O–H groups in total. The van der Waals surface area contributed by atoms with E-state index in [0.29, 0.717) is 30.1 Å². The zero-order valence-electron chi connectivity index (χ0n) is 16.7. The van der Waals surface area contributed by atoms with Crippen LogP contribution in [0.5, 0.6) is 11.5 Å². The van der Waals surface area contributed by atoms with E-state index in [0.717, 1.165) is 27.0 Å². The summed E-state index contributed by atoms with van der Waals surface area (Å²) in [7, 11) is 2.91. The smallest absolute Gasteiger partial charge is 0.308 e. The highest BCUT2D eigenvalue weighted by Crippen LogP contribution is 2.43. The highest BCUT2D eigenvalue weighted by Gasteiger charge is 2.20. The van der Waals surface area contributed by atoms with Gasteiger partial charge in [-0.1, -0.05) is 12.1 Å². The molecule has 0 unspecified atom stereocenters. The molecule has 0 atom stereocenters. The van der Waals surface area contributed by atoms with E-state index in [2.05, 4.69) is 0 Å². The molecule has 29 heavy (non-hydrogen) atoms. The molecule has 0 aliphatic rings. The van der Waals surface area contributed by atoms with Gasteiger partial charge in [0.1, 0.15) is 11.3 Å². The Labute approximate surface area is 173 Å². The fraction of sp³-hybridized carbons (Fsp3) is 0.273. The van der Waals surface area contributed by atoms with Crippen LogP contribution in [0.25, 0.3) is 22.3 Å². The molecule has 0 spiro atoms. The van der Waals surface area contributed by atoms with E-state index in [-0.39, 0.29) is 5.97 Å². The number of benzene rings is 2. The molecule has 1 aromatic heterocycles. The van der Waals surface area contributed by atoms with Crippen molar-refractivity contribution in [3.05, 3.63) is 42.0 Å². The Bertz CT molecular complexity index is 1050. The van der Waals surface area contributed by atoms with Crippen LogP contribution >= 0.6 is 11.8 Å². The van der Waals surface area contributed by atoms with E-state index in [1.807, 2.05) is 30.5 Å². The largest absolute Gasteiger partial charge is 0.493 e. The van der Waals surface area contributed by atoms with Crippen molar-refractivity contribution in [1.29, 1.82) is 0 Å². The van der Waals surface area contributed by atoms with E-state index in [9.17, 15) is 9.59 Å². The first-order valence-electron chi connectivity index (χ1n) is 9.00. The number of furan rings is 1. The second kappa shape index (κ2) is 9.05. The highest BCUT2D eigenvalue weighted by molar-refractivity contribution is 7.99. The summed E-state index contributed by atoms with van der Waals surface area (Å²) in [4.78, 5) is 23.8. The molecule has 0 saturated heterocycles. The number of esters is 2. The van der Waals surface area contributed by atoms with Crippen LogP contribution in [0.15, 0.2) is 45.7 Å². The molecule has 6 nitrogen and oxygen atoms in total. The van der Waals surface area contributed by atoms with E-state index < -0.39 is 5.97 Å². The second-order valence-corrected chi connectivity index (χ2v) is 7.11. The number of methoxy groups -OCH3 is 2. The van der Waals surface area contributed by atoms with E-state index in [4.69, 9.17) is 18.6 Å². The van der Waals surface area contributed by atoms with Crippen LogP contribution in [0.4, 0.5) is 0 Å². The number of carbonyl (C=O) groups is 2. The highest BCUT2D eigenvalue weighted by atomic mass is 32.2. The van der Waals surface area contributed by atoms with E-state index in [1.54, 1.807) is 23.9 Å². The van der Waals surface area contributed by atoms with Crippen LogP contribution in [-0.2, 0) is 20.7 Å². The van der Waals surface area contributed by atoms with Crippen molar-refractivity contribution in [3.63, 3.8) is 0 Å². The van der Waals surface area contributed by atoms with Gasteiger partial charge >= 0.3 is 11.9 Å². The third kappa shape index (κ3) is 4.40. The molecule has 0 aliphatic carbocycles. The molecule has 1 heterocycles. The number of aryl methyl sites for hydroxylation is 1. The van der Waals surface area contributed by atoms with Crippen LogP contribution in [-0.4, -0.2) is 32.4 Å². The minimum absolute atomic E-state index is 0.248. The maximum atomic E-state index is 11.6. The van der Waals surface area contributed by atoms with E-state index >= 15 is 0 Å². The van der Waals surface area contributed by atoms with E-state index in [1.165, 1.54) is 21.1 Å². The lowest BCUT2D eigenvalue weighted by molar-refractivity contribution is -0.140. The maximum absolute atomic E-state index is 11.6. The van der Waals surface area contributed by atoms with Gasteiger partial charge in [-0.15, -0.1) is 11.8 Å². The summed E-state index contributed by atoms with van der Waals surface area (Å²) in [6, 6.07) is 11.1. The fourth-order valence-corrected chi connectivity index (χ4v) is 3.95. The standard InChI is InChI=1S/C22H22O6S/c1-13(23)27-16-10-8-15(12-18(16)25-2)21-22(29-4)20-14(9-11-19(24)26-3)6-5-7-17(20)28-21/h5-8,10,12H,9,11H2,1-4H3. The lowest BCUT2D eigenvalue weighted by atomic mass is 10.0. The first kappa shape index (κ1) is 20.8. The Morgan fingerprint density at radius 2 is 1.90 bits per heavy atom. The van der Waals surface area contributed by atoms with Crippen molar-refractivity contribution in [2.75, 3.05) is 20.5 Å². The number of hydrogen-bond acceptors (Lipinski definition) is 7. The number of ether oxygens (including phenoxy) is 3. The van der Waals surface area contributed by atoms with Crippen LogP contribution in [0.2, 0.25) is 0 Å². The summed E-state index contributed by atoms with van der Waals surface area (Å²) >= 11 is 1.57. The van der Waals surface area contributed by atoms with Crippen molar-refractivity contribution in [1.82, 2.24) is 0 Å². The first-order valence-corrected chi connectivity index (χ1v) is 10.2. The van der Waals surface area contributed by atoms with Crippen LogP contribution < -0.4 is 9.47 Å². The second-order valence-electron chi connectivity index (χ2n) is 6.29. The molecule has 3 aromatic rings. The van der Waals surface area contributed by atoms with Crippen molar-refractivity contribution in [2.24, 2.45) is 0 Å². The minimum Gasteiger partial charge on any atom is -0.493 e. The van der Waals surface area contributed by atoms with Crippen molar-refractivity contribution < 1.29 is 28.2 Å². The molecule has 2 aromatic carbocycles. The van der Waals surface area contributed by atoms with Gasteiger partial charge in [0.15, 0.2) is 11.5 Å². The number of carbonyl (C=O) groups excluding carboxylic acids is 2. The third-order valence-corrected chi connectivity index (χ3v) is 5.27. The summed E-state index contributed by atoms with van der Waals surface area (Å²) < 4.78 is 21.5. The molecule has 0 amide bonds. The average molecular weight is 414 g/mol. The Hall–Kier alpha value is -2.93. The summed E-state index contributed by atoms with van der Waals surface area (Å²) in [5.41, 5.74) is 2.57. The van der Waals surface area contributed by atoms with Crippen molar-refractivity contribution >= 4 is 34.7 Å². The Morgan fingerprint density at radius 3 is 2.55 bits per heavy atom. The van der Waals surface area contributed by atoms with Gasteiger partial charge < -0.3 is 18.6 Å². The molecule has 7 heteroatoms. The lowest BCUT2D eigenvalue weighted by Gasteiger charge is -2.10. The third-order valence-electron chi connectivity index (χ3n) is 4.47. The molecule has 0 fully saturated rings. The predicted octanol–water partition coefficient (Wildman–Crippen LogP) is 4.86. The van der Waals surface area contributed by atoms with Gasteiger partial charge in [0.25, 0.3) is 0 Å². The minimum atomic E-state index is -0.417. The Morgan fingerprint density at radius 1 is 1.10 bits per heavy atom. The van der Waals surface area contributed by atoms with Gasteiger partial charge in [-0.3, -0.25) is 9.59 Å². The molecule has 3 rings (SSSR count). The van der Waals surface area contributed by atoms with Crippen molar-refractivity contribution in [2.45, 2.75) is 24.7 Å². The van der Waals surface area contributed by atoms with Gasteiger partial charge in [0, 0.05) is 24.3 Å². The van der Waals surface area contributed by atoms with Crippen LogP contribution in [0.3, 0.4) is 0 Å². The quantitative estimate of drug-likeness (QED) is 0.310. The summed E-state index contributed by atoms with van der Waals surface area (Å²) in [6.07, 6.45) is 2.84. The SMILES string of the molecule is COC(=O)CCc1cccc2oc(-c3ccc(OC(C)=O)c(OC)c3)c(SC)c12. The molecule has 0 aliphatic heterocycles. The molecule has 0 radical (unpaired) electrons. The Balaban J connectivity index is 2.08. The van der Waals surface area contributed by atoms with Crippen LogP contribution in [0, 0.1) is 0 Å².